The van der Waals surface area contributed by atoms with Crippen molar-refractivity contribution in [1.82, 2.24) is 0 Å². The summed E-state index contributed by atoms with van der Waals surface area (Å²) in [5, 5.41) is 3.69. The molecule has 0 spiro atoms. The Hall–Kier alpha value is -1.96. The lowest BCUT2D eigenvalue weighted by Crippen LogP contribution is -2.08. The van der Waals surface area contributed by atoms with Gasteiger partial charge in [-0.15, -0.1) is 0 Å². The van der Waals surface area contributed by atoms with Crippen LogP contribution in [-0.2, 0) is 12.8 Å². The van der Waals surface area contributed by atoms with Gasteiger partial charge in [-0.1, -0.05) is 43.3 Å². The molecule has 0 bridgehead atoms. The summed E-state index contributed by atoms with van der Waals surface area (Å²) in [6, 6.07) is 15.3. The standard InChI is InChI=1S/C18H21NO/c1-3-13-8-7-9-14-12-16(19-18(13)14)15-10-5-6-11-17(15)20-4-2/h5-11,16,19H,3-4,12H2,1-2H3. The van der Waals surface area contributed by atoms with E-state index in [0.29, 0.717) is 12.6 Å². The quantitative estimate of drug-likeness (QED) is 0.888. The number of aryl methyl sites for hydroxylation is 1. The SMILES string of the molecule is CCOc1ccccc1C1Cc2cccc(CC)c2N1. The summed E-state index contributed by atoms with van der Waals surface area (Å²) in [6.45, 7) is 4.94. The Morgan fingerprint density at radius 2 is 1.95 bits per heavy atom. The number of ether oxygens (including phenoxy) is 1. The predicted octanol–water partition coefficient (Wildman–Crippen LogP) is 4.36. The number of hydrogen-bond acceptors (Lipinski definition) is 2. The summed E-state index contributed by atoms with van der Waals surface area (Å²) in [7, 11) is 0. The zero-order valence-electron chi connectivity index (χ0n) is 12.1. The molecule has 1 atom stereocenters. The van der Waals surface area contributed by atoms with Crippen LogP contribution in [0.3, 0.4) is 0 Å². The van der Waals surface area contributed by atoms with Gasteiger partial charge in [0.15, 0.2) is 0 Å². The number of nitrogens with one attached hydrogen (secondary N) is 1. The van der Waals surface area contributed by atoms with Gasteiger partial charge in [-0.3, -0.25) is 0 Å². The minimum absolute atomic E-state index is 0.320. The van der Waals surface area contributed by atoms with Crippen molar-refractivity contribution >= 4 is 5.69 Å². The van der Waals surface area contributed by atoms with E-state index in [1.807, 2.05) is 13.0 Å². The third-order valence-electron chi connectivity index (χ3n) is 3.95. The monoisotopic (exact) mass is 267 g/mol. The number of para-hydroxylation sites is 2. The summed E-state index contributed by atoms with van der Waals surface area (Å²) >= 11 is 0. The number of benzene rings is 2. The van der Waals surface area contributed by atoms with E-state index in [4.69, 9.17) is 4.74 Å². The van der Waals surface area contributed by atoms with Gasteiger partial charge in [0.25, 0.3) is 0 Å². The maximum atomic E-state index is 5.76. The fourth-order valence-electron chi connectivity index (χ4n) is 2.99. The Morgan fingerprint density at radius 3 is 2.75 bits per heavy atom. The van der Waals surface area contributed by atoms with Crippen molar-refractivity contribution in [3.05, 3.63) is 59.2 Å². The summed E-state index contributed by atoms with van der Waals surface area (Å²) in [5.74, 6) is 0.998. The molecule has 1 aliphatic rings. The van der Waals surface area contributed by atoms with Gasteiger partial charge in [-0.05, 0) is 37.0 Å². The van der Waals surface area contributed by atoms with Crippen LogP contribution in [0.4, 0.5) is 5.69 Å². The number of anilines is 1. The van der Waals surface area contributed by atoms with Crippen LogP contribution in [0.15, 0.2) is 42.5 Å². The van der Waals surface area contributed by atoms with Gasteiger partial charge < -0.3 is 10.1 Å². The Bertz CT molecular complexity index is 606. The molecule has 0 saturated heterocycles. The van der Waals surface area contributed by atoms with E-state index in [9.17, 15) is 0 Å². The average molecular weight is 267 g/mol. The van der Waals surface area contributed by atoms with Crippen molar-refractivity contribution in [2.24, 2.45) is 0 Å². The summed E-state index contributed by atoms with van der Waals surface area (Å²) in [4.78, 5) is 0. The minimum Gasteiger partial charge on any atom is -0.494 e. The molecule has 2 aromatic carbocycles. The fraction of sp³-hybridized carbons (Fsp3) is 0.333. The molecule has 104 valence electrons. The van der Waals surface area contributed by atoms with Gasteiger partial charge in [0.05, 0.1) is 12.6 Å². The van der Waals surface area contributed by atoms with Gasteiger partial charge in [0.2, 0.25) is 0 Å². The molecule has 0 radical (unpaired) electrons. The summed E-state index contributed by atoms with van der Waals surface area (Å²) < 4.78 is 5.76. The number of rotatable bonds is 4. The molecule has 0 saturated carbocycles. The van der Waals surface area contributed by atoms with E-state index >= 15 is 0 Å². The highest BCUT2D eigenvalue weighted by Crippen LogP contribution is 2.39. The molecule has 0 aromatic heterocycles. The third kappa shape index (κ3) is 2.26. The van der Waals surface area contributed by atoms with Crippen molar-refractivity contribution in [3.63, 3.8) is 0 Å². The smallest absolute Gasteiger partial charge is 0.124 e. The van der Waals surface area contributed by atoms with Crippen LogP contribution < -0.4 is 10.1 Å². The van der Waals surface area contributed by atoms with Gasteiger partial charge in [-0.2, -0.15) is 0 Å². The molecule has 2 aromatic rings. The molecule has 1 aliphatic heterocycles. The summed E-state index contributed by atoms with van der Waals surface area (Å²) in [6.07, 6.45) is 2.10. The molecule has 0 amide bonds. The molecule has 20 heavy (non-hydrogen) atoms. The molecule has 1 heterocycles. The van der Waals surface area contributed by atoms with E-state index in [2.05, 4.69) is 48.6 Å². The average Bonchev–Trinajstić information content (AvgIpc) is 2.92. The first kappa shape index (κ1) is 13.0. The van der Waals surface area contributed by atoms with Crippen LogP contribution in [0.1, 0.15) is 36.6 Å². The van der Waals surface area contributed by atoms with E-state index in [-0.39, 0.29) is 0 Å². The lowest BCUT2D eigenvalue weighted by molar-refractivity contribution is 0.335. The molecule has 2 heteroatoms. The molecule has 1 unspecified atom stereocenters. The first-order chi connectivity index (χ1) is 9.83. The molecule has 0 fully saturated rings. The highest BCUT2D eigenvalue weighted by molar-refractivity contribution is 5.64. The Kier molecular flexibility index (Phi) is 3.64. The zero-order chi connectivity index (χ0) is 13.9. The molecular formula is C18H21NO. The number of hydrogen-bond donors (Lipinski definition) is 1. The number of fused-ring (bicyclic) bond motifs is 1. The van der Waals surface area contributed by atoms with Crippen molar-refractivity contribution < 1.29 is 4.74 Å². The molecule has 0 aliphatic carbocycles. The first-order valence-electron chi connectivity index (χ1n) is 7.42. The predicted molar refractivity (Wildman–Crippen MR) is 83.5 cm³/mol. The molecule has 3 rings (SSSR count). The lowest BCUT2D eigenvalue weighted by Gasteiger charge is -2.17. The third-order valence-corrected chi connectivity index (χ3v) is 3.95. The van der Waals surface area contributed by atoms with Crippen molar-refractivity contribution in [2.45, 2.75) is 32.7 Å². The maximum absolute atomic E-state index is 5.76. The largest absolute Gasteiger partial charge is 0.494 e. The van der Waals surface area contributed by atoms with Gasteiger partial charge in [0.1, 0.15) is 5.75 Å². The van der Waals surface area contributed by atoms with Gasteiger partial charge in [-0.25, -0.2) is 0 Å². The lowest BCUT2D eigenvalue weighted by atomic mass is 10.0. The Labute approximate surface area is 120 Å². The first-order valence-corrected chi connectivity index (χ1v) is 7.42. The van der Waals surface area contributed by atoms with Crippen LogP contribution in [0.5, 0.6) is 5.75 Å². The molecule has 1 N–H and O–H groups in total. The van der Waals surface area contributed by atoms with Crippen LogP contribution >= 0.6 is 0 Å². The second kappa shape index (κ2) is 5.58. The Morgan fingerprint density at radius 1 is 1.10 bits per heavy atom. The van der Waals surface area contributed by atoms with Crippen LogP contribution in [0.2, 0.25) is 0 Å². The van der Waals surface area contributed by atoms with Crippen molar-refractivity contribution in [3.8, 4) is 5.75 Å². The normalized spacial score (nSPS) is 16.6. The van der Waals surface area contributed by atoms with Crippen LogP contribution in [-0.4, -0.2) is 6.61 Å². The molecular weight excluding hydrogens is 246 g/mol. The van der Waals surface area contributed by atoms with Crippen LogP contribution in [0.25, 0.3) is 0 Å². The zero-order valence-corrected chi connectivity index (χ0v) is 12.1. The second-order valence-electron chi connectivity index (χ2n) is 5.18. The van der Waals surface area contributed by atoms with Gasteiger partial charge in [0, 0.05) is 11.3 Å². The highest BCUT2D eigenvalue weighted by atomic mass is 16.5. The molecule has 2 nitrogen and oxygen atoms in total. The van der Waals surface area contributed by atoms with Crippen molar-refractivity contribution in [2.75, 3.05) is 11.9 Å². The van der Waals surface area contributed by atoms with E-state index in [0.717, 1.165) is 18.6 Å². The van der Waals surface area contributed by atoms with E-state index < -0.39 is 0 Å². The van der Waals surface area contributed by atoms with E-state index in [1.165, 1.54) is 22.4 Å². The topological polar surface area (TPSA) is 21.3 Å². The second-order valence-corrected chi connectivity index (χ2v) is 5.18. The van der Waals surface area contributed by atoms with E-state index in [1.54, 1.807) is 0 Å². The van der Waals surface area contributed by atoms with Crippen LogP contribution in [0, 0.1) is 0 Å². The summed E-state index contributed by atoms with van der Waals surface area (Å²) in [5.41, 5.74) is 5.40. The van der Waals surface area contributed by atoms with Gasteiger partial charge >= 0.3 is 0 Å². The fourth-order valence-corrected chi connectivity index (χ4v) is 2.99. The maximum Gasteiger partial charge on any atom is 0.124 e. The Balaban J connectivity index is 1.92. The minimum atomic E-state index is 0.320. The van der Waals surface area contributed by atoms with Crippen molar-refractivity contribution in [1.29, 1.82) is 0 Å². The highest BCUT2D eigenvalue weighted by Gasteiger charge is 2.25.